The molecule has 1 aromatic rings. The number of piperazine rings is 1. The van der Waals surface area contributed by atoms with Gasteiger partial charge in [-0.3, -0.25) is 14.4 Å². The lowest BCUT2D eigenvalue weighted by Gasteiger charge is -2.35. The van der Waals surface area contributed by atoms with Crippen LogP contribution in [0.4, 0.5) is 0 Å². The maximum absolute atomic E-state index is 12.7. The highest BCUT2D eigenvalue weighted by atomic mass is 32.1. The first-order valence-corrected chi connectivity index (χ1v) is 9.42. The van der Waals surface area contributed by atoms with Crippen LogP contribution < -0.4 is 0 Å². The SMILES string of the molecule is O=C(c1cccs1)N1CCN(C(=O)C2CC(=O)N(C3CC3)C2)CC1. The van der Waals surface area contributed by atoms with Gasteiger partial charge in [-0.2, -0.15) is 0 Å². The molecule has 1 atom stereocenters. The summed E-state index contributed by atoms with van der Waals surface area (Å²) in [6.45, 7) is 2.83. The molecule has 0 bridgehead atoms. The molecule has 4 rings (SSSR count). The van der Waals surface area contributed by atoms with Crippen LogP contribution in [0.5, 0.6) is 0 Å². The first-order chi connectivity index (χ1) is 11.6. The summed E-state index contributed by atoms with van der Waals surface area (Å²) in [7, 11) is 0. The third-order valence-electron chi connectivity index (χ3n) is 5.11. The normalized spacial score (nSPS) is 24.6. The third-order valence-corrected chi connectivity index (χ3v) is 5.96. The zero-order valence-electron chi connectivity index (χ0n) is 13.5. The summed E-state index contributed by atoms with van der Waals surface area (Å²) in [6.07, 6.45) is 2.51. The van der Waals surface area contributed by atoms with E-state index in [0.29, 0.717) is 45.2 Å². The Morgan fingerprint density at radius 2 is 1.79 bits per heavy atom. The lowest BCUT2D eigenvalue weighted by molar-refractivity contribution is -0.137. The molecule has 0 aromatic carbocycles. The molecular weight excluding hydrogens is 326 g/mol. The van der Waals surface area contributed by atoms with Crippen molar-refractivity contribution < 1.29 is 14.4 Å². The van der Waals surface area contributed by atoms with E-state index in [1.807, 2.05) is 32.2 Å². The first-order valence-electron chi connectivity index (χ1n) is 8.54. The Bertz CT molecular complexity index is 648. The third kappa shape index (κ3) is 2.92. The van der Waals surface area contributed by atoms with E-state index in [4.69, 9.17) is 0 Å². The molecule has 1 saturated carbocycles. The van der Waals surface area contributed by atoms with Crippen LogP contribution in [-0.4, -0.2) is 71.2 Å². The minimum absolute atomic E-state index is 0.0491. The molecule has 128 valence electrons. The van der Waals surface area contributed by atoms with Gasteiger partial charge in [-0.15, -0.1) is 11.3 Å². The summed E-state index contributed by atoms with van der Waals surface area (Å²) in [5.74, 6) is 0.0581. The van der Waals surface area contributed by atoms with Crippen molar-refractivity contribution >= 4 is 29.1 Å². The van der Waals surface area contributed by atoms with Crippen molar-refractivity contribution in [2.75, 3.05) is 32.7 Å². The highest BCUT2D eigenvalue weighted by Crippen LogP contribution is 2.33. The number of rotatable bonds is 3. The van der Waals surface area contributed by atoms with Crippen LogP contribution in [0.2, 0.25) is 0 Å². The molecule has 0 spiro atoms. The standard InChI is InChI=1S/C17H21N3O3S/c21-15-10-12(11-20(15)13-3-4-13)16(22)18-5-7-19(8-6-18)17(23)14-2-1-9-24-14/h1-2,9,12-13H,3-8,10-11H2. The van der Waals surface area contributed by atoms with E-state index in [1.165, 1.54) is 11.3 Å². The predicted molar refractivity (Wildman–Crippen MR) is 89.6 cm³/mol. The molecule has 6 nitrogen and oxygen atoms in total. The number of carbonyl (C=O) groups is 3. The monoisotopic (exact) mass is 347 g/mol. The Morgan fingerprint density at radius 3 is 2.42 bits per heavy atom. The van der Waals surface area contributed by atoms with Gasteiger partial charge in [-0.25, -0.2) is 0 Å². The van der Waals surface area contributed by atoms with Crippen LogP contribution in [0.3, 0.4) is 0 Å². The maximum Gasteiger partial charge on any atom is 0.264 e. The molecule has 2 saturated heterocycles. The minimum atomic E-state index is -0.197. The van der Waals surface area contributed by atoms with Gasteiger partial charge in [0, 0.05) is 45.2 Å². The van der Waals surface area contributed by atoms with Gasteiger partial charge in [0.05, 0.1) is 10.8 Å². The van der Waals surface area contributed by atoms with Gasteiger partial charge in [0.25, 0.3) is 5.91 Å². The molecular formula is C17H21N3O3S. The zero-order valence-corrected chi connectivity index (χ0v) is 14.3. The van der Waals surface area contributed by atoms with Crippen molar-refractivity contribution in [2.24, 2.45) is 5.92 Å². The van der Waals surface area contributed by atoms with E-state index in [9.17, 15) is 14.4 Å². The van der Waals surface area contributed by atoms with Crippen molar-refractivity contribution in [3.8, 4) is 0 Å². The molecule has 7 heteroatoms. The van der Waals surface area contributed by atoms with Gasteiger partial charge in [-0.1, -0.05) is 6.07 Å². The Hall–Kier alpha value is -1.89. The van der Waals surface area contributed by atoms with Crippen LogP contribution in [0.1, 0.15) is 28.9 Å². The molecule has 3 heterocycles. The van der Waals surface area contributed by atoms with Crippen LogP contribution in [0, 0.1) is 5.92 Å². The summed E-state index contributed by atoms with van der Waals surface area (Å²) in [4.78, 5) is 43.3. The largest absolute Gasteiger partial charge is 0.339 e. The van der Waals surface area contributed by atoms with E-state index in [2.05, 4.69) is 0 Å². The summed E-state index contributed by atoms with van der Waals surface area (Å²) in [5, 5.41) is 1.90. The summed E-state index contributed by atoms with van der Waals surface area (Å²) in [5.41, 5.74) is 0. The molecule has 0 N–H and O–H groups in total. The molecule has 1 aromatic heterocycles. The molecule has 2 aliphatic heterocycles. The number of hydrogen-bond donors (Lipinski definition) is 0. The predicted octanol–water partition coefficient (Wildman–Crippen LogP) is 1.04. The number of hydrogen-bond acceptors (Lipinski definition) is 4. The van der Waals surface area contributed by atoms with Crippen molar-refractivity contribution in [1.82, 2.24) is 14.7 Å². The molecule has 3 aliphatic rings. The van der Waals surface area contributed by atoms with Gasteiger partial charge in [0.1, 0.15) is 0 Å². The van der Waals surface area contributed by atoms with Gasteiger partial charge >= 0.3 is 0 Å². The average molecular weight is 347 g/mol. The molecule has 1 unspecified atom stereocenters. The molecule has 3 fully saturated rings. The first kappa shape index (κ1) is 15.6. The van der Waals surface area contributed by atoms with E-state index < -0.39 is 0 Å². The van der Waals surface area contributed by atoms with E-state index in [-0.39, 0.29) is 23.6 Å². The zero-order chi connectivity index (χ0) is 16.7. The quantitative estimate of drug-likeness (QED) is 0.821. The highest BCUT2D eigenvalue weighted by molar-refractivity contribution is 7.12. The molecule has 0 radical (unpaired) electrons. The lowest BCUT2D eigenvalue weighted by atomic mass is 10.1. The highest BCUT2D eigenvalue weighted by Gasteiger charge is 2.43. The molecule has 1 aliphatic carbocycles. The Balaban J connectivity index is 1.32. The van der Waals surface area contributed by atoms with Crippen LogP contribution >= 0.6 is 11.3 Å². The van der Waals surface area contributed by atoms with Crippen molar-refractivity contribution in [2.45, 2.75) is 25.3 Å². The van der Waals surface area contributed by atoms with E-state index in [0.717, 1.165) is 17.7 Å². The van der Waals surface area contributed by atoms with Crippen molar-refractivity contribution in [1.29, 1.82) is 0 Å². The van der Waals surface area contributed by atoms with Crippen molar-refractivity contribution in [3.05, 3.63) is 22.4 Å². The Labute approximate surface area is 145 Å². The van der Waals surface area contributed by atoms with E-state index in [1.54, 1.807) is 0 Å². The number of nitrogens with zero attached hydrogens (tertiary/aromatic N) is 3. The van der Waals surface area contributed by atoms with Gasteiger partial charge in [0.15, 0.2) is 0 Å². The Kier molecular flexibility index (Phi) is 4.04. The Morgan fingerprint density at radius 1 is 1.08 bits per heavy atom. The van der Waals surface area contributed by atoms with Gasteiger partial charge < -0.3 is 14.7 Å². The fourth-order valence-corrected chi connectivity index (χ4v) is 4.27. The average Bonchev–Trinajstić information content (AvgIpc) is 3.15. The minimum Gasteiger partial charge on any atom is -0.339 e. The topological polar surface area (TPSA) is 60.9 Å². The fraction of sp³-hybridized carbons (Fsp3) is 0.588. The molecule has 3 amide bonds. The van der Waals surface area contributed by atoms with Crippen LogP contribution in [-0.2, 0) is 9.59 Å². The van der Waals surface area contributed by atoms with Crippen molar-refractivity contribution in [3.63, 3.8) is 0 Å². The maximum atomic E-state index is 12.7. The number of likely N-dealkylation sites (tertiary alicyclic amines) is 1. The second kappa shape index (κ2) is 6.20. The summed E-state index contributed by atoms with van der Waals surface area (Å²) < 4.78 is 0. The second-order valence-corrected chi connectivity index (χ2v) is 7.72. The van der Waals surface area contributed by atoms with Crippen LogP contribution in [0.25, 0.3) is 0 Å². The smallest absolute Gasteiger partial charge is 0.264 e. The number of carbonyl (C=O) groups excluding carboxylic acids is 3. The number of thiophene rings is 1. The van der Waals surface area contributed by atoms with Crippen LogP contribution in [0.15, 0.2) is 17.5 Å². The lowest BCUT2D eigenvalue weighted by Crippen LogP contribution is -2.52. The second-order valence-electron chi connectivity index (χ2n) is 6.77. The van der Waals surface area contributed by atoms with Gasteiger partial charge in [0.2, 0.25) is 11.8 Å². The molecule has 24 heavy (non-hydrogen) atoms. The van der Waals surface area contributed by atoms with Gasteiger partial charge in [-0.05, 0) is 24.3 Å². The summed E-state index contributed by atoms with van der Waals surface area (Å²) in [6, 6.07) is 4.09. The van der Waals surface area contributed by atoms with E-state index >= 15 is 0 Å². The number of amides is 3. The summed E-state index contributed by atoms with van der Waals surface area (Å²) >= 11 is 1.45. The fourth-order valence-electron chi connectivity index (χ4n) is 3.58.